The molecule has 2 amide bonds. The Morgan fingerprint density at radius 2 is 1.71 bits per heavy atom. The summed E-state index contributed by atoms with van der Waals surface area (Å²) >= 11 is 4.92. The van der Waals surface area contributed by atoms with E-state index in [1.54, 1.807) is 37.5 Å². The lowest BCUT2D eigenvalue weighted by atomic mass is 10.2. The van der Waals surface area contributed by atoms with Crippen LogP contribution in [0.15, 0.2) is 54.6 Å². The number of benzene rings is 2. The molecule has 0 aliphatic heterocycles. The van der Waals surface area contributed by atoms with E-state index in [-0.39, 0.29) is 16.4 Å². The molecule has 2 aromatic carbocycles. The van der Waals surface area contributed by atoms with Gasteiger partial charge in [-0.2, -0.15) is 0 Å². The molecule has 144 valence electrons. The molecule has 3 N–H and O–H groups in total. The maximum Gasteiger partial charge on any atom is 0.269 e. The minimum atomic E-state index is -0.569. The van der Waals surface area contributed by atoms with Gasteiger partial charge in [0.15, 0.2) is 5.11 Å². The van der Waals surface area contributed by atoms with Crippen LogP contribution < -0.4 is 20.9 Å². The van der Waals surface area contributed by atoms with Gasteiger partial charge < -0.3 is 4.74 Å². The fourth-order valence-corrected chi connectivity index (χ4v) is 2.14. The number of ether oxygens (including phenoxy) is 1. The Balaban J connectivity index is 1.80. The molecule has 0 atom stereocenters. The predicted octanol–water partition coefficient (Wildman–Crippen LogP) is 1.95. The Kier molecular flexibility index (Phi) is 7.17. The lowest BCUT2D eigenvalue weighted by Gasteiger charge is -2.09. The quantitative estimate of drug-likeness (QED) is 0.303. The third-order valence-electron chi connectivity index (χ3n) is 3.41. The van der Waals surface area contributed by atoms with E-state index in [0.717, 1.165) is 5.56 Å². The van der Waals surface area contributed by atoms with Gasteiger partial charge in [0, 0.05) is 23.8 Å². The zero-order valence-electron chi connectivity index (χ0n) is 14.7. The summed E-state index contributed by atoms with van der Waals surface area (Å²) in [6.45, 7) is 0. The van der Waals surface area contributed by atoms with Crippen LogP contribution in [0, 0.1) is 10.1 Å². The van der Waals surface area contributed by atoms with Gasteiger partial charge in [0.2, 0.25) is 5.91 Å². The molecule has 0 radical (unpaired) electrons. The molecular weight excluding hydrogens is 384 g/mol. The molecule has 28 heavy (non-hydrogen) atoms. The molecule has 0 bridgehead atoms. The Labute approximate surface area is 165 Å². The second-order valence-corrected chi connectivity index (χ2v) is 5.72. The molecule has 10 heteroatoms. The van der Waals surface area contributed by atoms with Gasteiger partial charge >= 0.3 is 0 Å². The first-order chi connectivity index (χ1) is 13.4. The van der Waals surface area contributed by atoms with E-state index in [4.69, 9.17) is 17.0 Å². The van der Waals surface area contributed by atoms with Crippen molar-refractivity contribution in [2.45, 2.75) is 0 Å². The van der Waals surface area contributed by atoms with Crippen molar-refractivity contribution < 1.29 is 19.2 Å². The zero-order chi connectivity index (χ0) is 20.5. The molecule has 0 aliphatic rings. The molecule has 0 fully saturated rings. The summed E-state index contributed by atoms with van der Waals surface area (Å²) in [5.74, 6) is -0.353. The van der Waals surface area contributed by atoms with Crippen molar-refractivity contribution in [3.63, 3.8) is 0 Å². The minimum Gasteiger partial charge on any atom is -0.497 e. The smallest absolute Gasteiger partial charge is 0.269 e. The van der Waals surface area contributed by atoms with Gasteiger partial charge in [-0.1, -0.05) is 12.1 Å². The summed E-state index contributed by atoms with van der Waals surface area (Å²) in [5.41, 5.74) is 5.52. The third kappa shape index (κ3) is 6.18. The van der Waals surface area contributed by atoms with Crippen LogP contribution in [0.25, 0.3) is 6.08 Å². The molecule has 2 rings (SSSR count). The molecule has 0 unspecified atom stereocenters. The summed E-state index contributed by atoms with van der Waals surface area (Å²) in [7, 11) is 1.56. The highest BCUT2D eigenvalue weighted by atomic mass is 32.1. The number of hydrogen-bond acceptors (Lipinski definition) is 6. The van der Waals surface area contributed by atoms with Crippen LogP contribution in [-0.2, 0) is 4.79 Å². The number of hydrazine groups is 1. The summed E-state index contributed by atoms with van der Waals surface area (Å²) in [6, 6.07) is 12.1. The molecule has 0 aromatic heterocycles. The highest BCUT2D eigenvalue weighted by molar-refractivity contribution is 7.80. The zero-order valence-corrected chi connectivity index (χ0v) is 15.5. The van der Waals surface area contributed by atoms with E-state index >= 15 is 0 Å². The lowest BCUT2D eigenvalue weighted by Crippen LogP contribution is -2.48. The van der Waals surface area contributed by atoms with E-state index in [1.165, 1.54) is 30.3 Å². The molecule has 0 spiro atoms. The van der Waals surface area contributed by atoms with Crippen LogP contribution in [0.3, 0.4) is 0 Å². The van der Waals surface area contributed by atoms with Crippen molar-refractivity contribution in [2.75, 3.05) is 7.11 Å². The Morgan fingerprint density at radius 1 is 1.07 bits per heavy atom. The largest absolute Gasteiger partial charge is 0.497 e. The van der Waals surface area contributed by atoms with Gasteiger partial charge in [0.05, 0.1) is 12.0 Å². The van der Waals surface area contributed by atoms with Crippen molar-refractivity contribution in [3.8, 4) is 5.75 Å². The normalized spacial score (nSPS) is 10.2. The topological polar surface area (TPSA) is 123 Å². The Bertz CT molecular complexity index is 911. The number of thiocarbonyl (C=S) groups is 1. The van der Waals surface area contributed by atoms with Gasteiger partial charge in [0.1, 0.15) is 5.75 Å². The van der Waals surface area contributed by atoms with Gasteiger partial charge in [0.25, 0.3) is 11.6 Å². The van der Waals surface area contributed by atoms with Gasteiger partial charge in [-0.25, -0.2) is 0 Å². The predicted molar refractivity (Wildman–Crippen MR) is 106 cm³/mol. The number of non-ortho nitro benzene ring substituents is 1. The van der Waals surface area contributed by atoms with E-state index in [2.05, 4.69) is 16.2 Å². The molecule has 2 aromatic rings. The van der Waals surface area contributed by atoms with Crippen molar-refractivity contribution in [1.29, 1.82) is 0 Å². The van der Waals surface area contributed by atoms with E-state index in [0.29, 0.717) is 5.75 Å². The van der Waals surface area contributed by atoms with Crippen molar-refractivity contribution in [2.24, 2.45) is 0 Å². The van der Waals surface area contributed by atoms with Gasteiger partial charge in [-0.05, 0) is 48.1 Å². The van der Waals surface area contributed by atoms with Crippen molar-refractivity contribution in [1.82, 2.24) is 16.2 Å². The molecule has 0 saturated carbocycles. The molecular formula is C18H16N4O5S. The number of rotatable bonds is 5. The third-order valence-corrected chi connectivity index (χ3v) is 3.61. The number of nitro benzene ring substituents is 1. The van der Waals surface area contributed by atoms with Crippen LogP contribution in [0.1, 0.15) is 15.9 Å². The molecule has 9 nitrogen and oxygen atoms in total. The number of nitro groups is 1. The summed E-state index contributed by atoms with van der Waals surface area (Å²) in [6.07, 6.45) is 2.88. The lowest BCUT2D eigenvalue weighted by molar-refractivity contribution is -0.384. The van der Waals surface area contributed by atoms with E-state index < -0.39 is 16.7 Å². The number of amides is 2. The number of methoxy groups -OCH3 is 1. The standard InChI is InChI=1S/C18H16N4O5S/c1-27-15-9-2-12(3-10-15)4-11-16(23)19-18(28)21-20-17(24)13-5-7-14(8-6-13)22(25)26/h2-11H,1H3,(H,20,24)(H2,19,21,23,28). The van der Waals surface area contributed by atoms with E-state index in [1.807, 2.05) is 0 Å². The van der Waals surface area contributed by atoms with Crippen LogP contribution >= 0.6 is 12.2 Å². The highest BCUT2D eigenvalue weighted by Gasteiger charge is 2.10. The maximum atomic E-state index is 11.9. The number of nitrogens with one attached hydrogen (secondary N) is 3. The number of nitrogens with zero attached hydrogens (tertiary/aromatic N) is 1. The van der Waals surface area contributed by atoms with Crippen LogP contribution in [0.2, 0.25) is 0 Å². The van der Waals surface area contributed by atoms with Crippen molar-refractivity contribution in [3.05, 3.63) is 75.8 Å². The highest BCUT2D eigenvalue weighted by Crippen LogP contribution is 2.12. The van der Waals surface area contributed by atoms with Crippen LogP contribution in [0.4, 0.5) is 5.69 Å². The van der Waals surface area contributed by atoms with Crippen LogP contribution in [0.5, 0.6) is 5.75 Å². The maximum absolute atomic E-state index is 11.9. The summed E-state index contributed by atoms with van der Waals surface area (Å²) < 4.78 is 5.05. The number of hydrogen-bond donors (Lipinski definition) is 3. The van der Waals surface area contributed by atoms with Gasteiger partial charge in [-0.3, -0.25) is 35.9 Å². The second-order valence-electron chi connectivity index (χ2n) is 5.31. The van der Waals surface area contributed by atoms with Crippen LogP contribution in [-0.4, -0.2) is 29.0 Å². The monoisotopic (exact) mass is 400 g/mol. The average molecular weight is 400 g/mol. The summed E-state index contributed by atoms with van der Waals surface area (Å²) in [5, 5.41) is 12.9. The van der Waals surface area contributed by atoms with Crippen molar-refractivity contribution >= 4 is 40.9 Å². The Hall–Kier alpha value is -3.79. The van der Waals surface area contributed by atoms with E-state index in [9.17, 15) is 19.7 Å². The van der Waals surface area contributed by atoms with Gasteiger partial charge in [-0.15, -0.1) is 0 Å². The fraction of sp³-hybridized carbons (Fsp3) is 0.0556. The minimum absolute atomic E-state index is 0.111. The first-order valence-corrected chi connectivity index (χ1v) is 8.28. The average Bonchev–Trinajstić information content (AvgIpc) is 2.71. The first kappa shape index (κ1) is 20.5. The molecule has 0 saturated heterocycles. The SMILES string of the molecule is COc1ccc(C=CC(=O)NC(=S)NNC(=O)c2ccc([N+](=O)[O-])cc2)cc1. The summed E-state index contributed by atoms with van der Waals surface area (Å²) in [4.78, 5) is 33.8. The number of carbonyl (C=O) groups is 2. The second kappa shape index (κ2) is 9.78. The first-order valence-electron chi connectivity index (χ1n) is 7.87. The Morgan fingerprint density at radius 3 is 2.29 bits per heavy atom. The molecule has 0 aliphatic carbocycles. The fourth-order valence-electron chi connectivity index (χ4n) is 1.99. The molecule has 0 heterocycles. The number of carbonyl (C=O) groups excluding carboxylic acids is 2.